The highest BCUT2D eigenvalue weighted by Gasteiger charge is 1.90. The first-order valence-electron chi connectivity index (χ1n) is 3.62. The number of nitrogens with two attached hydrogens (primary N) is 1. The third-order valence-electron chi connectivity index (χ3n) is 1.53. The lowest BCUT2D eigenvalue weighted by Gasteiger charge is -1.97. The molecule has 0 aliphatic rings. The Morgan fingerprint density at radius 2 is 2.27 bits per heavy atom. The molecule has 1 aromatic rings. The highest BCUT2D eigenvalue weighted by Crippen LogP contribution is 2.03. The van der Waals surface area contributed by atoms with Crippen molar-refractivity contribution in [1.82, 2.24) is 0 Å². The van der Waals surface area contributed by atoms with E-state index in [9.17, 15) is 0 Å². The summed E-state index contributed by atoms with van der Waals surface area (Å²) in [5.41, 5.74) is 7.54. The summed E-state index contributed by atoms with van der Waals surface area (Å²) in [6.45, 7) is 0.675. The minimum Gasteiger partial charge on any atom is -0.330 e. The van der Waals surface area contributed by atoms with Crippen molar-refractivity contribution in [3.05, 3.63) is 35.4 Å². The van der Waals surface area contributed by atoms with E-state index in [0.29, 0.717) is 6.54 Å². The fourth-order valence-corrected chi connectivity index (χ4v) is 0.983. The molecule has 0 amide bonds. The summed E-state index contributed by atoms with van der Waals surface area (Å²) in [6.07, 6.45) is 6.13. The smallest absolute Gasteiger partial charge is 0.0245 e. The molecule has 0 bridgehead atoms. The molecule has 0 atom stereocenters. The molecule has 1 heteroatoms. The molecule has 0 aliphatic heterocycles. The minimum atomic E-state index is 0.675. The second kappa shape index (κ2) is 3.80. The van der Waals surface area contributed by atoms with E-state index < -0.39 is 0 Å². The molecule has 0 fully saturated rings. The van der Waals surface area contributed by atoms with Gasteiger partial charge < -0.3 is 5.73 Å². The molecule has 0 saturated heterocycles. The van der Waals surface area contributed by atoms with Gasteiger partial charge in [0.1, 0.15) is 0 Å². The van der Waals surface area contributed by atoms with E-state index in [1.807, 2.05) is 24.3 Å². The fourth-order valence-electron chi connectivity index (χ4n) is 0.983. The SMILES string of the molecule is C#Cc1cccc(CCN)c1. The van der Waals surface area contributed by atoms with Gasteiger partial charge in [0.25, 0.3) is 0 Å². The lowest BCUT2D eigenvalue weighted by Crippen LogP contribution is -2.02. The third kappa shape index (κ3) is 2.10. The molecule has 1 aromatic carbocycles. The molecule has 0 aliphatic carbocycles. The van der Waals surface area contributed by atoms with Crippen LogP contribution in [-0.4, -0.2) is 6.54 Å². The van der Waals surface area contributed by atoms with Crippen molar-refractivity contribution < 1.29 is 0 Å². The van der Waals surface area contributed by atoms with Gasteiger partial charge in [0.15, 0.2) is 0 Å². The molecule has 0 radical (unpaired) electrons. The lowest BCUT2D eigenvalue weighted by molar-refractivity contribution is 0.968. The second-order valence-electron chi connectivity index (χ2n) is 2.38. The van der Waals surface area contributed by atoms with E-state index in [1.165, 1.54) is 5.56 Å². The monoisotopic (exact) mass is 145 g/mol. The summed E-state index contributed by atoms with van der Waals surface area (Å²) in [7, 11) is 0. The zero-order chi connectivity index (χ0) is 8.10. The van der Waals surface area contributed by atoms with Crippen molar-refractivity contribution in [1.29, 1.82) is 0 Å². The van der Waals surface area contributed by atoms with Crippen molar-refractivity contribution in [3.63, 3.8) is 0 Å². The molecule has 0 heterocycles. The Morgan fingerprint density at radius 3 is 2.91 bits per heavy atom. The van der Waals surface area contributed by atoms with Crippen LogP contribution in [0.25, 0.3) is 0 Å². The van der Waals surface area contributed by atoms with E-state index in [1.54, 1.807) is 0 Å². The first-order chi connectivity index (χ1) is 5.36. The Morgan fingerprint density at radius 1 is 1.45 bits per heavy atom. The van der Waals surface area contributed by atoms with Crippen molar-refractivity contribution in [2.24, 2.45) is 5.73 Å². The molecule has 11 heavy (non-hydrogen) atoms. The van der Waals surface area contributed by atoms with Gasteiger partial charge in [0.05, 0.1) is 0 Å². The summed E-state index contributed by atoms with van der Waals surface area (Å²) in [6, 6.07) is 7.90. The predicted octanol–water partition coefficient (Wildman–Crippen LogP) is 1.17. The number of hydrogen-bond acceptors (Lipinski definition) is 1. The zero-order valence-corrected chi connectivity index (χ0v) is 6.38. The molecule has 0 aromatic heterocycles. The first kappa shape index (κ1) is 7.84. The Kier molecular flexibility index (Phi) is 2.71. The fraction of sp³-hybridized carbons (Fsp3) is 0.200. The zero-order valence-electron chi connectivity index (χ0n) is 6.38. The van der Waals surface area contributed by atoms with E-state index in [2.05, 4.69) is 5.92 Å². The van der Waals surface area contributed by atoms with Gasteiger partial charge in [0.2, 0.25) is 0 Å². The average molecular weight is 145 g/mol. The maximum absolute atomic E-state index is 5.40. The van der Waals surface area contributed by atoms with Gasteiger partial charge in [-0.2, -0.15) is 0 Å². The molecule has 1 rings (SSSR count). The number of rotatable bonds is 2. The van der Waals surface area contributed by atoms with Crippen LogP contribution in [0.5, 0.6) is 0 Å². The van der Waals surface area contributed by atoms with Gasteiger partial charge in [0, 0.05) is 5.56 Å². The van der Waals surface area contributed by atoms with Crippen molar-refractivity contribution in [2.75, 3.05) is 6.54 Å². The Balaban J connectivity index is 2.85. The van der Waals surface area contributed by atoms with E-state index in [0.717, 1.165) is 12.0 Å². The maximum atomic E-state index is 5.40. The maximum Gasteiger partial charge on any atom is 0.0245 e. The summed E-state index contributed by atoms with van der Waals surface area (Å²) in [5.74, 6) is 2.58. The van der Waals surface area contributed by atoms with Crippen LogP contribution in [0.3, 0.4) is 0 Å². The molecule has 1 nitrogen and oxygen atoms in total. The number of benzene rings is 1. The van der Waals surface area contributed by atoms with Gasteiger partial charge in [-0.1, -0.05) is 18.1 Å². The van der Waals surface area contributed by atoms with E-state index in [-0.39, 0.29) is 0 Å². The second-order valence-corrected chi connectivity index (χ2v) is 2.38. The highest BCUT2D eigenvalue weighted by molar-refractivity contribution is 5.35. The van der Waals surface area contributed by atoms with Crippen LogP contribution in [0.4, 0.5) is 0 Å². The van der Waals surface area contributed by atoms with Crippen LogP contribution in [0, 0.1) is 12.3 Å². The van der Waals surface area contributed by atoms with Gasteiger partial charge in [-0.25, -0.2) is 0 Å². The van der Waals surface area contributed by atoms with Gasteiger partial charge >= 0.3 is 0 Å². The van der Waals surface area contributed by atoms with Crippen molar-refractivity contribution >= 4 is 0 Å². The molecular weight excluding hydrogens is 134 g/mol. The third-order valence-corrected chi connectivity index (χ3v) is 1.53. The Bertz CT molecular complexity index is 270. The van der Waals surface area contributed by atoms with Crippen LogP contribution in [-0.2, 0) is 6.42 Å². The summed E-state index contributed by atoms with van der Waals surface area (Å²) in [4.78, 5) is 0. The molecule has 56 valence electrons. The normalized spacial score (nSPS) is 9.09. The van der Waals surface area contributed by atoms with Gasteiger partial charge in [-0.15, -0.1) is 6.42 Å². The van der Waals surface area contributed by atoms with Crippen molar-refractivity contribution in [3.8, 4) is 12.3 Å². The van der Waals surface area contributed by atoms with Gasteiger partial charge in [-0.05, 0) is 30.7 Å². The summed E-state index contributed by atoms with van der Waals surface area (Å²) >= 11 is 0. The first-order valence-corrected chi connectivity index (χ1v) is 3.62. The van der Waals surface area contributed by atoms with Crippen LogP contribution < -0.4 is 5.73 Å². The van der Waals surface area contributed by atoms with Crippen LogP contribution in [0.2, 0.25) is 0 Å². The molecular formula is C10H11N. The molecule has 0 unspecified atom stereocenters. The quantitative estimate of drug-likeness (QED) is 0.621. The van der Waals surface area contributed by atoms with Crippen molar-refractivity contribution in [2.45, 2.75) is 6.42 Å². The Hall–Kier alpha value is -1.26. The van der Waals surface area contributed by atoms with Crippen LogP contribution in [0.15, 0.2) is 24.3 Å². The molecule has 2 N–H and O–H groups in total. The minimum absolute atomic E-state index is 0.675. The van der Waals surface area contributed by atoms with Gasteiger partial charge in [-0.3, -0.25) is 0 Å². The summed E-state index contributed by atoms with van der Waals surface area (Å²) < 4.78 is 0. The largest absolute Gasteiger partial charge is 0.330 e. The van der Waals surface area contributed by atoms with Crippen LogP contribution >= 0.6 is 0 Å². The van der Waals surface area contributed by atoms with E-state index >= 15 is 0 Å². The van der Waals surface area contributed by atoms with Crippen LogP contribution in [0.1, 0.15) is 11.1 Å². The molecule has 0 spiro atoms. The standard InChI is InChI=1S/C10H11N/c1-2-9-4-3-5-10(8-9)6-7-11/h1,3-5,8H,6-7,11H2. The van der Waals surface area contributed by atoms with E-state index in [4.69, 9.17) is 12.2 Å². The Labute approximate surface area is 67.2 Å². The highest BCUT2D eigenvalue weighted by atomic mass is 14.5. The number of terminal acetylenes is 1. The average Bonchev–Trinajstić information content (AvgIpc) is 2.06. The predicted molar refractivity (Wildman–Crippen MR) is 47.1 cm³/mol. The topological polar surface area (TPSA) is 26.0 Å². The number of hydrogen-bond donors (Lipinski definition) is 1. The molecule has 0 saturated carbocycles. The lowest BCUT2D eigenvalue weighted by atomic mass is 10.1. The summed E-state index contributed by atoms with van der Waals surface area (Å²) in [5, 5.41) is 0.